The van der Waals surface area contributed by atoms with Crippen molar-refractivity contribution in [3.05, 3.63) is 48.6 Å². The molecule has 28 heavy (non-hydrogen) atoms. The van der Waals surface area contributed by atoms with Crippen molar-refractivity contribution in [1.29, 1.82) is 0 Å². The summed E-state index contributed by atoms with van der Waals surface area (Å²) in [6, 6.07) is 0. The van der Waals surface area contributed by atoms with Gasteiger partial charge in [0.15, 0.2) is 0 Å². The van der Waals surface area contributed by atoms with E-state index in [0.717, 1.165) is 19.3 Å². The molecule has 1 aliphatic heterocycles. The Morgan fingerprint density at radius 2 is 1.71 bits per heavy atom. The molecular formula is C22H34O6. The third kappa shape index (κ3) is 10.6. The normalized spacial score (nSPS) is 25.5. The Labute approximate surface area is 167 Å². The molecule has 5 atom stereocenters. The van der Waals surface area contributed by atoms with Gasteiger partial charge in [0.1, 0.15) is 0 Å². The van der Waals surface area contributed by atoms with Gasteiger partial charge in [-0.15, -0.1) is 0 Å². The summed E-state index contributed by atoms with van der Waals surface area (Å²) >= 11 is 0. The molecule has 0 bridgehead atoms. The van der Waals surface area contributed by atoms with Crippen LogP contribution in [0.15, 0.2) is 48.6 Å². The predicted octanol–water partition coefficient (Wildman–Crippen LogP) is 2.90. The van der Waals surface area contributed by atoms with Crippen molar-refractivity contribution < 1.29 is 30.0 Å². The van der Waals surface area contributed by atoms with Crippen molar-refractivity contribution in [3.63, 3.8) is 0 Å². The van der Waals surface area contributed by atoms with Crippen LogP contribution in [0.3, 0.4) is 0 Å². The Kier molecular flexibility index (Phi) is 12.4. The third-order valence-electron chi connectivity index (χ3n) is 4.47. The van der Waals surface area contributed by atoms with E-state index in [2.05, 4.69) is 31.2 Å². The molecule has 6 heteroatoms. The number of carbonyl (C=O) groups is 1. The largest absolute Gasteiger partial charge is 0.481 e. The van der Waals surface area contributed by atoms with Crippen molar-refractivity contribution in [1.82, 2.24) is 0 Å². The average Bonchev–Trinajstić information content (AvgIpc) is 3.03. The lowest BCUT2D eigenvalue weighted by molar-refractivity contribution is -0.137. The van der Waals surface area contributed by atoms with Gasteiger partial charge in [0.25, 0.3) is 0 Å². The highest BCUT2D eigenvalue weighted by Gasteiger charge is 2.36. The molecule has 0 unspecified atom stereocenters. The number of allylic oxidation sites excluding steroid dienone is 5. The van der Waals surface area contributed by atoms with Crippen LogP contribution in [0.4, 0.5) is 0 Å². The molecule has 1 saturated heterocycles. The molecule has 1 fully saturated rings. The highest BCUT2D eigenvalue weighted by Crippen LogP contribution is 2.26. The summed E-state index contributed by atoms with van der Waals surface area (Å²) in [4.78, 5) is 10.5. The topological polar surface area (TPSA) is 107 Å². The van der Waals surface area contributed by atoms with E-state index >= 15 is 0 Å². The molecular weight excluding hydrogens is 360 g/mol. The number of hydrogen-bond donors (Lipinski definition) is 4. The number of ether oxygens (including phenoxy) is 1. The second-order valence-corrected chi connectivity index (χ2v) is 6.92. The summed E-state index contributed by atoms with van der Waals surface area (Å²) in [5, 5.41) is 38.5. The Morgan fingerprint density at radius 1 is 1.07 bits per heavy atom. The number of carboxylic acids is 1. The van der Waals surface area contributed by atoms with Crippen LogP contribution in [0.1, 0.15) is 51.9 Å². The number of hydrogen-bond acceptors (Lipinski definition) is 5. The summed E-state index contributed by atoms with van der Waals surface area (Å²) in [6.07, 6.45) is 15.5. The highest BCUT2D eigenvalue weighted by atomic mass is 16.5. The maximum Gasteiger partial charge on any atom is 0.303 e. The summed E-state index contributed by atoms with van der Waals surface area (Å²) in [5.41, 5.74) is 0. The Hall–Kier alpha value is -1.73. The first kappa shape index (κ1) is 24.3. The average molecular weight is 395 g/mol. The van der Waals surface area contributed by atoms with Crippen LogP contribution in [0.5, 0.6) is 0 Å². The molecule has 0 amide bonds. The molecule has 1 rings (SSSR count). The minimum absolute atomic E-state index is 0.0868. The first-order chi connectivity index (χ1) is 13.4. The van der Waals surface area contributed by atoms with Gasteiger partial charge in [0, 0.05) is 12.8 Å². The standard InChI is InChI=1S/C22H34O6/c1-2-3-4-5-6-7-8-9-10-11-20-19(25)16-21(28-20)18(24)14-12-17(23)13-15-22(26)27/h3-4,6-7,9-10,12,14,17-21,23-25H,2,5,8,11,13,15-16H2,1H3,(H,26,27)/b4-3-,7-6-,10-9-,14-12+/t17-,18-,19-,20+,21+/m1/s1. The molecule has 0 saturated carbocycles. The van der Waals surface area contributed by atoms with E-state index in [-0.39, 0.29) is 18.9 Å². The molecule has 0 aromatic carbocycles. The van der Waals surface area contributed by atoms with Gasteiger partial charge in [-0.1, -0.05) is 55.5 Å². The molecule has 4 N–H and O–H groups in total. The summed E-state index contributed by atoms with van der Waals surface area (Å²) in [5.74, 6) is -0.977. The monoisotopic (exact) mass is 394 g/mol. The number of aliphatic carboxylic acids is 1. The first-order valence-corrected chi connectivity index (χ1v) is 9.98. The second kappa shape index (κ2) is 14.3. The smallest absolute Gasteiger partial charge is 0.303 e. The van der Waals surface area contributed by atoms with E-state index in [1.807, 2.05) is 12.2 Å². The highest BCUT2D eigenvalue weighted by molar-refractivity contribution is 5.66. The van der Waals surface area contributed by atoms with Crippen LogP contribution in [0, 0.1) is 0 Å². The van der Waals surface area contributed by atoms with Gasteiger partial charge in [0.2, 0.25) is 0 Å². The number of rotatable bonds is 13. The summed E-state index contributed by atoms with van der Waals surface area (Å²) in [6.45, 7) is 2.11. The van der Waals surface area contributed by atoms with Crippen LogP contribution >= 0.6 is 0 Å². The number of carboxylic acid groups (broad SMARTS) is 1. The molecule has 0 aromatic heterocycles. The summed E-state index contributed by atoms with van der Waals surface area (Å²) < 4.78 is 5.73. The van der Waals surface area contributed by atoms with Gasteiger partial charge in [0.05, 0.1) is 30.5 Å². The van der Waals surface area contributed by atoms with Crippen LogP contribution in [-0.4, -0.2) is 56.9 Å². The lowest BCUT2D eigenvalue weighted by atomic mass is 10.0. The molecule has 1 aliphatic rings. The zero-order valence-electron chi connectivity index (χ0n) is 16.6. The Bertz CT molecular complexity index is 551. The number of aliphatic hydroxyl groups excluding tert-OH is 3. The number of aliphatic hydroxyl groups is 3. The van der Waals surface area contributed by atoms with Gasteiger partial charge in [-0.05, 0) is 32.1 Å². The van der Waals surface area contributed by atoms with Crippen LogP contribution in [0.2, 0.25) is 0 Å². The van der Waals surface area contributed by atoms with Crippen LogP contribution < -0.4 is 0 Å². The fourth-order valence-electron chi connectivity index (χ4n) is 2.87. The van der Waals surface area contributed by atoms with Crippen LogP contribution in [0.25, 0.3) is 0 Å². The van der Waals surface area contributed by atoms with E-state index in [1.54, 1.807) is 0 Å². The van der Waals surface area contributed by atoms with Gasteiger partial charge in [-0.25, -0.2) is 0 Å². The molecule has 0 aliphatic carbocycles. The van der Waals surface area contributed by atoms with E-state index in [9.17, 15) is 20.1 Å². The fraction of sp³-hybridized carbons (Fsp3) is 0.591. The van der Waals surface area contributed by atoms with E-state index in [1.165, 1.54) is 12.2 Å². The van der Waals surface area contributed by atoms with Crippen molar-refractivity contribution in [2.45, 2.75) is 82.4 Å². The zero-order valence-corrected chi connectivity index (χ0v) is 16.6. The molecule has 158 valence electrons. The quantitative estimate of drug-likeness (QED) is 0.358. The zero-order chi connectivity index (χ0) is 20.8. The van der Waals surface area contributed by atoms with Gasteiger partial charge < -0.3 is 25.2 Å². The van der Waals surface area contributed by atoms with Crippen molar-refractivity contribution in [2.24, 2.45) is 0 Å². The van der Waals surface area contributed by atoms with Crippen molar-refractivity contribution in [3.8, 4) is 0 Å². The second-order valence-electron chi connectivity index (χ2n) is 6.92. The Morgan fingerprint density at radius 3 is 2.36 bits per heavy atom. The van der Waals surface area contributed by atoms with E-state index < -0.39 is 30.4 Å². The predicted molar refractivity (Wildman–Crippen MR) is 109 cm³/mol. The maximum absolute atomic E-state index is 10.5. The van der Waals surface area contributed by atoms with Gasteiger partial charge in [-0.2, -0.15) is 0 Å². The molecule has 0 radical (unpaired) electrons. The fourth-order valence-corrected chi connectivity index (χ4v) is 2.87. The molecule has 0 spiro atoms. The van der Waals surface area contributed by atoms with Gasteiger partial charge in [-0.3, -0.25) is 4.79 Å². The minimum Gasteiger partial charge on any atom is -0.481 e. The van der Waals surface area contributed by atoms with Crippen molar-refractivity contribution >= 4 is 5.97 Å². The summed E-state index contributed by atoms with van der Waals surface area (Å²) in [7, 11) is 0. The maximum atomic E-state index is 10.5. The molecule has 0 aromatic rings. The van der Waals surface area contributed by atoms with Crippen LogP contribution in [-0.2, 0) is 9.53 Å². The molecule has 6 nitrogen and oxygen atoms in total. The molecule has 1 heterocycles. The lowest BCUT2D eigenvalue weighted by Crippen LogP contribution is -2.24. The minimum atomic E-state index is -0.977. The SMILES string of the molecule is CC/C=C\C/C=C\C/C=C\C[C@@H]1O[C@H]([C@H](O)/C=C/[C@@H](O)CCC(=O)O)C[C@H]1O. The Balaban J connectivity index is 2.32. The first-order valence-electron chi connectivity index (χ1n) is 9.98. The van der Waals surface area contributed by atoms with Crippen molar-refractivity contribution in [2.75, 3.05) is 0 Å². The van der Waals surface area contributed by atoms with E-state index in [0.29, 0.717) is 12.8 Å². The van der Waals surface area contributed by atoms with Gasteiger partial charge >= 0.3 is 5.97 Å². The van der Waals surface area contributed by atoms with E-state index in [4.69, 9.17) is 9.84 Å². The third-order valence-corrected chi connectivity index (χ3v) is 4.47. The lowest BCUT2D eigenvalue weighted by Gasteiger charge is -2.16.